The number of nitrogens with one attached hydrogen (secondary N) is 1. The van der Waals surface area contributed by atoms with E-state index in [9.17, 15) is 4.79 Å². The van der Waals surface area contributed by atoms with E-state index in [2.05, 4.69) is 20.4 Å². The van der Waals surface area contributed by atoms with Gasteiger partial charge in [0.25, 0.3) is 5.91 Å². The summed E-state index contributed by atoms with van der Waals surface area (Å²) in [6.07, 6.45) is 0. The van der Waals surface area contributed by atoms with E-state index in [1.54, 1.807) is 6.07 Å². The Labute approximate surface area is 173 Å². The van der Waals surface area contributed by atoms with E-state index >= 15 is 0 Å². The van der Waals surface area contributed by atoms with Crippen LogP contribution in [0.4, 0.5) is 11.5 Å². The van der Waals surface area contributed by atoms with Gasteiger partial charge in [0.15, 0.2) is 11.6 Å². The standard InChI is InChI=1S/C23H20N4O3/c28-23(21-15-17-4-1-2-7-20(17)30-21)24-18-6-3-5-16(14-18)19-8-9-22(26-25-19)27-10-12-29-13-11-27/h1-9,14-15H,10-13H2,(H,24,28). The number of carbonyl (C=O) groups excluding carboxylic acids is 1. The molecule has 1 aliphatic heterocycles. The molecule has 0 spiro atoms. The highest BCUT2D eigenvalue weighted by Gasteiger charge is 2.14. The smallest absolute Gasteiger partial charge is 0.291 e. The molecule has 0 radical (unpaired) electrons. The van der Waals surface area contributed by atoms with E-state index in [0.29, 0.717) is 24.5 Å². The molecule has 4 aromatic rings. The highest BCUT2D eigenvalue weighted by Crippen LogP contribution is 2.24. The van der Waals surface area contributed by atoms with Crippen molar-refractivity contribution in [1.82, 2.24) is 10.2 Å². The zero-order chi connectivity index (χ0) is 20.3. The van der Waals surface area contributed by atoms with Gasteiger partial charge in [0.2, 0.25) is 0 Å². The molecule has 1 aliphatic rings. The summed E-state index contributed by atoms with van der Waals surface area (Å²) in [5, 5.41) is 12.5. The number of nitrogens with zero attached hydrogens (tertiary/aromatic N) is 3. The maximum Gasteiger partial charge on any atom is 0.291 e. The van der Waals surface area contributed by atoms with Gasteiger partial charge in [-0.3, -0.25) is 4.79 Å². The molecule has 2 aromatic heterocycles. The van der Waals surface area contributed by atoms with Crippen LogP contribution in [0.5, 0.6) is 0 Å². The van der Waals surface area contributed by atoms with Crippen molar-refractivity contribution in [3.63, 3.8) is 0 Å². The molecule has 0 aliphatic carbocycles. The summed E-state index contributed by atoms with van der Waals surface area (Å²) in [6.45, 7) is 3.04. The number of rotatable bonds is 4. The maximum absolute atomic E-state index is 12.6. The first-order chi connectivity index (χ1) is 14.8. The Balaban J connectivity index is 1.33. The number of anilines is 2. The molecule has 1 N–H and O–H groups in total. The predicted molar refractivity (Wildman–Crippen MR) is 115 cm³/mol. The van der Waals surface area contributed by atoms with Gasteiger partial charge in [0, 0.05) is 29.7 Å². The van der Waals surface area contributed by atoms with Gasteiger partial charge in [0.05, 0.1) is 18.9 Å². The van der Waals surface area contributed by atoms with E-state index < -0.39 is 0 Å². The first-order valence-electron chi connectivity index (χ1n) is 9.83. The highest BCUT2D eigenvalue weighted by molar-refractivity contribution is 6.04. The fourth-order valence-electron chi connectivity index (χ4n) is 3.48. The van der Waals surface area contributed by atoms with Crippen molar-refractivity contribution in [2.24, 2.45) is 0 Å². The van der Waals surface area contributed by atoms with Crippen molar-refractivity contribution in [2.75, 3.05) is 36.5 Å². The van der Waals surface area contributed by atoms with E-state index in [4.69, 9.17) is 9.15 Å². The maximum atomic E-state index is 12.6. The topological polar surface area (TPSA) is 80.5 Å². The number of hydrogen-bond donors (Lipinski definition) is 1. The number of furan rings is 1. The van der Waals surface area contributed by atoms with Crippen LogP contribution >= 0.6 is 0 Å². The van der Waals surface area contributed by atoms with Crippen LogP contribution in [0.2, 0.25) is 0 Å². The summed E-state index contributed by atoms with van der Waals surface area (Å²) in [5.41, 5.74) is 2.97. The van der Waals surface area contributed by atoms with Crippen molar-refractivity contribution >= 4 is 28.4 Å². The summed E-state index contributed by atoms with van der Waals surface area (Å²) in [6, 6.07) is 20.7. The van der Waals surface area contributed by atoms with Crippen molar-refractivity contribution in [3.8, 4) is 11.3 Å². The van der Waals surface area contributed by atoms with E-state index in [0.717, 1.165) is 35.6 Å². The number of para-hydroxylation sites is 1. The second-order valence-corrected chi connectivity index (χ2v) is 7.06. The molecule has 1 amide bonds. The minimum Gasteiger partial charge on any atom is -0.451 e. The zero-order valence-corrected chi connectivity index (χ0v) is 16.2. The average molecular weight is 400 g/mol. The molecule has 1 saturated heterocycles. The van der Waals surface area contributed by atoms with Crippen molar-refractivity contribution in [2.45, 2.75) is 0 Å². The fraction of sp³-hybridized carbons (Fsp3) is 0.174. The number of carbonyl (C=O) groups is 1. The second kappa shape index (κ2) is 7.96. The summed E-state index contributed by atoms with van der Waals surface area (Å²) in [4.78, 5) is 14.8. The molecule has 150 valence electrons. The molecule has 1 fully saturated rings. The van der Waals surface area contributed by atoms with Gasteiger partial charge < -0.3 is 19.4 Å². The molecule has 0 unspecified atom stereocenters. The van der Waals surface area contributed by atoms with E-state index in [1.807, 2.05) is 60.7 Å². The predicted octanol–water partition coefficient (Wildman–Crippen LogP) is 3.98. The third-order valence-corrected chi connectivity index (χ3v) is 5.05. The van der Waals surface area contributed by atoms with E-state index in [-0.39, 0.29) is 11.7 Å². The third-order valence-electron chi connectivity index (χ3n) is 5.05. The lowest BCUT2D eigenvalue weighted by atomic mass is 10.1. The zero-order valence-electron chi connectivity index (χ0n) is 16.2. The van der Waals surface area contributed by atoms with Gasteiger partial charge in [0.1, 0.15) is 5.58 Å². The Morgan fingerprint density at radius 2 is 1.80 bits per heavy atom. The molecule has 7 heteroatoms. The normalized spacial score (nSPS) is 14.1. The molecule has 0 atom stereocenters. The number of morpholine rings is 1. The Bertz CT molecular complexity index is 1150. The molecular formula is C23H20N4O3. The van der Waals surface area contributed by atoms with Gasteiger partial charge >= 0.3 is 0 Å². The Morgan fingerprint density at radius 3 is 2.60 bits per heavy atom. The van der Waals surface area contributed by atoms with E-state index in [1.165, 1.54) is 0 Å². The number of aromatic nitrogens is 2. The Morgan fingerprint density at radius 1 is 0.933 bits per heavy atom. The van der Waals surface area contributed by atoms with Crippen LogP contribution in [-0.2, 0) is 4.74 Å². The van der Waals surface area contributed by atoms with Crippen LogP contribution in [0.3, 0.4) is 0 Å². The van der Waals surface area contributed by atoms with Gasteiger partial charge in [-0.25, -0.2) is 0 Å². The number of ether oxygens (including phenoxy) is 1. The first-order valence-corrected chi connectivity index (χ1v) is 9.83. The van der Waals surface area contributed by atoms with Crippen LogP contribution in [0.25, 0.3) is 22.2 Å². The summed E-state index contributed by atoms with van der Waals surface area (Å²) in [7, 11) is 0. The van der Waals surface area contributed by atoms with Gasteiger partial charge in [-0.2, -0.15) is 0 Å². The number of benzene rings is 2. The minimum absolute atomic E-state index is 0.274. The fourth-order valence-corrected chi connectivity index (χ4v) is 3.48. The second-order valence-electron chi connectivity index (χ2n) is 7.06. The molecule has 2 aromatic carbocycles. The largest absolute Gasteiger partial charge is 0.451 e. The Hall–Kier alpha value is -3.71. The lowest BCUT2D eigenvalue weighted by Crippen LogP contribution is -2.36. The summed E-state index contributed by atoms with van der Waals surface area (Å²) in [5.74, 6) is 0.824. The number of amides is 1. The van der Waals surface area contributed by atoms with Gasteiger partial charge in [-0.05, 0) is 36.4 Å². The molecule has 7 nitrogen and oxygen atoms in total. The number of hydrogen-bond acceptors (Lipinski definition) is 6. The Kier molecular flexibility index (Phi) is 4.86. The monoisotopic (exact) mass is 400 g/mol. The molecule has 30 heavy (non-hydrogen) atoms. The van der Waals surface area contributed by atoms with Gasteiger partial charge in [-0.15, -0.1) is 10.2 Å². The highest BCUT2D eigenvalue weighted by atomic mass is 16.5. The molecule has 5 rings (SSSR count). The average Bonchev–Trinajstić information content (AvgIpc) is 3.25. The third kappa shape index (κ3) is 3.75. The summed E-state index contributed by atoms with van der Waals surface area (Å²) < 4.78 is 11.0. The van der Waals surface area contributed by atoms with Crippen molar-refractivity contribution < 1.29 is 13.9 Å². The number of fused-ring (bicyclic) bond motifs is 1. The SMILES string of the molecule is O=C(Nc1cccc(-c2ccc(N3CCOCC3)nn2)c1)c1cc2ccccc2o1. The van der Waals surface area contributed by atoms with Crippen molar-refractivity contribution in [1.29, 1.82) is 0 Å². The molecule has 0 bridgehead atoms. The lowest BCUT2D eigenvalue weighted by molar-refractivity contribution is 0.0998. The van der Waals surface area contributed by atoms with Crippen LogP contribution in [0, 0.1) is 0 Å². The first kappa shape index (κ1) is 18.3. The molecule has 0 saturated carbocycles. The van der Waals surface area contributed by atoms with Crippen LogP contribution in [-0.4, -0.2) is 42.4 Å². The van der Waals surface area contributed by atoms with Crippen LogP contribution in [0.1, 0.15) is 10.6 Å². The van der Waals surface area contributed by atoms with Crippen LogP contribution in [0.15, 0.2) is 71.1 Å². The quantitative estimate of drug-likeness (QED) is 0.558. The lowest BCUT2D eigenvalue weighted by Gasteiger charge is -2.27. The van der Waals surface area contributed by atoms with Crippen molar-refractivity contribution in [3.05, 3.63) is 72.5 Å². The van der Waals surface area contributed by atoms with Crippen LogP contribution < -0.4 is 10.2 Å². The molecular weight excluding hydrogens is 380 g/mol. The minimum atomic E-state index is -0.294. The van der Waals surface area contributed by atoms with Gasteiger partial charge in [-0.1, -0.05) is 30.3 Å². The molecule has 3 heterocycles. The summed E-state index contributed by atoms with van der Waals surface area (Å²) >= 11 is 0.